The van der Waals surface area contributed by atoms with Crippen LogP contribution in [-0.2, 0) is 6.54 Å². The minimum atomic E-state index is 0.680. The highest BCUT2D eigenvalue weighted by molar-refractivity contribution is 6.30. The Labute approximate surface area is 115 Å². The van der Waals surface area contributed by atoms with Crippen LogP contribution in [0.5, 0.6) is 0 Å². The molecule has 0 atom stereocenters. The maximum Gasteiger partial charge on any atom is 0.0412 e. The summed E-state index contributed by atoms with van der Waals surface area (Å²) in [4.78, 5) is 2.47. The first kappa shape index (κ1) is 13.7. The van der Waals surface area contributed by atoms with Crippen molar-refractivity contribution >= 4 is 17.3 Å². The molecule has 1 saturated heterocycles. The fourth-order valence-electron chi connectivity index (χ4n) is 2.46. The van der Waals surface area contributed by atoms with Crippen molar-refractivity contribution in [3.63, 3.8) is 0 Å². The minimum absolute atomic E-state index is 0.680. The number of hydrogen-bond donors (Lipinski definition) is 1. The van der Waals surface area contributed by atoms with Crippen LogP contribution in [0.25, 0.3) is 0 Å². The highest BCUT2D eigenvalue weighted by Gasteiger charge is 2.15. The fourth-order valence-corrected chi connectivity index (χ4v) is 2.65. The fraction of sp³-hybridized carbons (Fsp3) is 0.600. The Morgan fingerprint density at radius 2 is 2.00 bits per heavy atom. The van der Waals surface area contributed by atoms with Gasteiger partial charge in [-0.15, -0.1) is 0 Å². The van der Waals surface area contributed by atoms with Crippen molar-refractivity contribution in [3.8, 4) is 0 Å². The summed E-state index contributed by atoms with van der Waals surface area (Å²) in [6, 6.07) is 6.27. The van der Waals surface area contributed by atoms with Gasteiger partial charge in [-0.05, 0) is 49.1 Å². The molecule has 1 aliphatic rings. The lowest BCUT2D eigenvalue weighted by Crippen LogP contribution is -2.23. The van der Waals surface area contributed by atoms with E-state index >= 15 is 0 Å². The molecule has 1 N–H and O–H groups in total. The van der Waals surface area contributed by atoms with Crippen LogP contribution < -0.4 is 10.2 Å². The summed E-state index contributed by atoms with van der Waals surface area (Å²) in [5.41, 5.74) is 2.68. The zero-order valence-corrected chi connectivity index (χ0v) is 12.1. The van der Waals surface area contributed by atoms with Gasteiger partial charge in [-0.3, -0.25) is 0 Å². The molecule has 1 aliphatic heterocycles. The van der Waals surface area contributed by atoms with Crippen molar-refractivity contribution in [3.05, 3.63) is 28.8 Å². The molecule has 3 heteroatoms. The Morgan fingerprint density at radius 1 is 1.28 bits per heavy atom. The molecule has 1 fully saturated rings. The zero-order valence-electron chi connectivity index (χ0n) is 11.4. The first-order valence-electron chi connectivity index (χ1n) is 6.91. The van der Waals surface area contributed by atoms with E-state index in [2.05, 4.69) is 36.2 Å². The molecule has 0 radical (unpaired) electrons. The number of rotatable bonds is 5. The maximum atomic E-state index is 6.12. The molecule has 0 aliphatic carbocycles. The predicted octanol–water partition coefficient (Wildman–Crippen LogP) is 3.69. The average Bonchev–Trinajstić information content (AvgIpc) is 2.82. The molecule has 0 aromatic heterocycles. The van der Waals surface area contributed by atoms with Gasteiger partial charge in [-0.25, -0.2) is 0 Å². The maximum absolute atomic E-state index is 6.12. The molecule has 2 rings (SSSR count). The number of benzene rings is 1. The summed E-state index contributed by atoms with van der Waals surface area (Å²) in [5, 5.41) is 4.34. The summed E-state index contributed by atoms with van der Waals surface area (Å²) in [6.45, 7) is 8.77. The second-order valence-corrected chi connectivity index (χ2v) is 5.93. The van der Waals surface area contributed by atoms with Crippen molar-refractivity contribution in [2.24, 2.45) is 5.92 Å². The van der Waals surface area contributed by atoms with Crippen LogP contribution in [-0.4, -0.2) is 19.6 Å². The van der Waals surface area contributed by atoms with E-state index in [4.69, 9.17) is 11.6 Å². The van der Waals surface area contributed by atoms with Crippen LogP contribution in [0.15, 0.2) is 18.2 Å². The topological polar surface area (TPSA) is 15.3 Å². The number of hydrogen-bond acceptors (Lipinski definition) is 2. The number of anilines is 1. The van der Waals surface area contributed by atoms with E-state index in [1.165, 1.54) is 37.2 Å². The molecule has 0 unspecified atom stereocenters. The third-order valence-electron chi connectivity index (χ3n) is 3.36. The van der Waals surface area contributed by atoms with Gasteiger partial charge in [0.2, 0.25) is 0 Å². The van der Waals surface area contributed by atoms with Gasteiger partial charge in [-0.2, -0.15) is 0 Å². The lowest BCUT2D eigenvalue weighted by molar-refractivity contribution is 0.552. The van der Waals surface area contributed by atoms with Gasteiger partial charge >= 0.3 is 0 Å². The van der Waals surface area contributed by atoms with Crippen LogP contribution in [0.3, 0.4) is 0 Å². The quantitative estimate of drug-likeness (QED) is 0.875. The molecule has 0 saturated carbocycles. The first-order chi connectivity index (χ1) is 8.66. The number of nitrogens with one attached hydrogen (secondary N) is 1. The van der Waals surface area contributed by atoms with E-state index in [-0.39, 0.29) is 0 Å². The van der Waals surface area contributed by atoms with Crippen molar-refractivity contribution in [1.82, 2.24) is 5.32 Å². The molecule has 18 heavy (non-hydrogen) atoms. The third kappa shape index (κ3) is 3.63. The monoisotopic (exact) mass is 266 g/mol. The van der Waals surface area contributed by atoms with Gasteiger partial charge in [-0.1, -0.05) is 25.4 Å². The average molecular weight is 267 g/mol. The lowest BCUT2D eigenvalue weighted by Gasteiger charge is -2.22. The van der Waals surface area contributed by atoms with Crippen LogP contribution >= 0.6 is 11.6 Å². The summed E-state index contributed by atoms with van der Waals surface area (Å²) < 4.78 is 0. The van der Waals surface area contributed by atoms with Crippen molar-refractivity contribution in [2.75, 3.05) is 24.5 Å². The highest BCUT2D eigenvalue weighted by Crippen LogP contribution is 2.27. The Morgan fingerprint density at radius 3 is 2.67 bits per heavy atom. The standard InChI is InChI=1S/C15H23ClN2/c1-12(2)10-17-11-13-9-14(16)5-6-15(13)18-7-3-4-8-18/h5-6,9,12,17H,3-4,7-8,10-11H2,1-2H3. The Hall–Kier alpha value is -0.730. The van der Waals surface area contributed by atoms with Crippen LogP contribution in [0.1, 0.15) is 32.3 Å². The lowest BCUT2D eigenvalue weighted by atomic mass is 10.1. The molecular formula is C15H23ClN2. The Balaban J connectivity index is 2.07. The molecule has 1 heterocycles. The summed E-state index contributed by atoms with van der Waals surface area (Å²) in [5.74, 6) is 0.680. The molecule has 2 nitrogen and oxygen atoms in total. The van der Waals surface area contributed by atoms with E-state index in [0.29, 0.717) is 5.92 Å². The SMILES string of the molecule is CC(C)CNCc1cc(Cl)ccc1N1CCCC1. The van der Waals surface area contributed by atoms with Crippen LogP contribution in [0.4, 0.5) is 5.69 Å². The Bertz CT molecular complexity index is 384. The van der Waals surface area contributed by atoms with E-state index in [1.807, 2.05) is 6.07 Å². The van der Waals surface area contributed by atoms with Crippen LogP contribution in [0.2, 0.25) is 5.02 Å². The second-order valence-electron chi connectivity index (χ2n) is 5.49. The molecule has 0 spiro atoms. The van der Waals surface area contributed by atoms with Gasteiger partial charge in [0.1, 0.15) is 0 Å². The van der Waals surface area contributed by atoms with E-state index in [0.717, 1.165) is 18.1 Å². The van der Waals surface area contributed by atoms with Gasteiger partial charge in [0, 0.05) is 30.3 Å². The van der Waals surface area contributed by atoms with Gasteiger partial charge < -0.3 is 10.2 Å². The van der Waals surface area contributed by atoms with E-state index in [1.54, 1.807) is 0 Å². The number of nitrogens with zero attached hydrogens (tertiary/aromatic N) is 1. The molecular weight excluding hydrogens is 244 g/mol. The molecule has 0 amide bonds. The van der Waals surface area contributed by atoms with Gasteiger partial charge in [0.15, 0.2) is 0 Å². The summed E-state index contributed by atoms with van der Waals surface area (Å²) in [6.07, 6.45) is 2.61. The van der Waals surface area contributed by atoms with E-state index < -0.39 is 0 Å². The summed E-state index contributed by atoms with van der Waals surface area (Å²) >= 11 is 6.12. The van der Waals surface area contributed by atoms with Crippen molar-refractivity contribution in [2.45, 2.75) is 33.2 Å². The zero-order chi connectivity index (χ0) is 13.0. The smallest absolute Gasteiger partial charge is 0.0412 e. The van der Waals surface area contributed by atoms with Crippen LogP contribution in [0, 0.1) is 5.92 Å². The third-order valence-corrected chi connectivity index (χ3v) is 3.59. The second kappa shape index (κ2) is 6.44. The Kier molecular flexibility index (Phi) is 4.90. The number of halogens is 1. The van der Waals surface area contributed by atoms with Gasteiger partial charge in [0.05, 0.1) is 0 Å². The predicted molar refractivity (Wildman–Crippen MR) is 79.4 cm³/mol. The van der Waals surface area contributed by atoms with E-state index in [9.17, 15) is 0 Å². The minimum Gasteiger partial charge on any atom is -0.371 e. The first-order valence-corrected chi connectivity index (χ1v) is 7.28. The largest absolute Gasteiger partial charge is 0.371 e. The molecule has 1 aromatic rings. The normalized spacial score (nSPS) is 15.7. The highest BCUT2D eigenvalue weighted by atomic mass is 35.5. The summed E-state index contributed by atoms with van der Waals surface area (Å²) in [7, 11) is 0. The van der Waals surface area contributed by atoms with Gasteiger partial charge in [0.25, 0.3) is 0 Å². The molecule has 1 aromatic carbocycles. The van der Waals surface area contributed by atoms with Crippen molar-refractivity contribution < 1.29 is 0 Å². The molecule has 0 bridgehead atoms. The van der Waals surface area contributed by atoms with Crippen molar-refractivity contribution in [1.29, 1.82) is 0 Å². The molecule has 100 valence electrons.